The van der Waals surface area contributed by atoms with E-state index in [1.165, 1.54) is 50.3 Å². The van der Waals surface area contributed by atoms with Gasteiger partial charge in [0.1, 0.15) is 0 Å². The predicted molar refractivity (Wildman–Crippen MR) is 286 cm³/mol. The average molecular weight is 1100 g/mol. The summed E-state index contributed by atoms with van der Waals surface area (Å²) in [4.78, 5) is 7.76. The second kappa shape index (κ2) is 17.1. The Morgan fingerprint density at radius 1 is 0.563 bits per heavy atom. The molecule has 6 nitrogen and oxygen atoms in total. The van der Waals surface area contributed by atoms with Gasteiger partial charge >= 0.3 is 330 Å². The van der Waals surface area contributed by atoms with E-state index in [0.29, 0.717) is 11.5 Å². The van der Waals surface area contributed by atoms with Crippen LogP contribution in [0.3, 0.4) is 0 Å². The zero-order chi connectivity index (χ0) is 48.0. The van der Waals surface area contributed by atoms with Gasteiger partial charge in [0, 0.05) is 11.8 Å². The van der Waals surface area contributed by atoms with E-state index in [-0.39, 0.29) is 5.41 Å². The molecule has 0 unspecified atom stereocenters. The summed E-state index contributed by atoms with van der Waals surface area (Å²) in [7, 11) is 0. The van der Waals surface area contributed by atoms with Crippen LogP contribution in [0.15, 0.2) is 176 Å². The molecular formula is C64H51N5OPt-2. The Balaban J connectivity index is 0.930. The Kier molecular flexibility index (Phi) is 10.5. The van der Waals surface area contributed by atoms with Gasteiger partial charge in [-0.2, -0.15) is 0 Å². The van der Waals surface area contributed by atoms with E-state index < -0.39 is 0 Å². The molecule has 5 heterocycles. The molecule has 71 heavy (non-hydrogen) atoms. The van der Waals surface area contributed by atoms with E-state index in [2.05, 4.69) is 236 Å². The first-order valence-electron chi connectivity index (χ1n) is 24.7. The summed E-state index contributed by atoms with van der Waals surface area (Å²) in [6, 6.07) is 68.3. The summed E-state index contributed by atoms with van der Waals surface area (Å²) in [6.07, 6.45) is 5.23. The molecular weight excluding hydrogens is 1050 g/mol. The molecule has 11 aromatic rings. The quantitative estimate of drug-likeness (QED) is 0.142. The molecule has 8 aromatic carbocycles. The van der Waals surface area contributed by atoms with Gasteiger partial charge in [0.25, 0.3) is 0 Å². The fourth-order valence-corrected chi connectivity index (χ4v) is 12.4. The molecule has 0 spiro atoms. The fourth-order valence-electron chi connectivity index (χ4n) is 11.4. The van der Waals surface area contributed by atoms with Crippen molar-refractivity contribution in [1.82, 2.24) is 18.7 Å². The molecule has 0 bridgehead atoms. The monoisotopic (exact) mass is 1100 g/mol. The maximum absolute atomic E-state index is 6.79. The average Bonchev–Trinajstić information content (AvgIpc) is 4.06. The molecule has 7 heteroatoms. The minimum absolute atomic E-state index is 0.0914. The van der Waals surface area contributed by atoms with Crippen molar-refractivity contribution in [1.29, 1.82) is 0 Å². The van der Waals surface area contributed by atoms with Gasteiger partial charge < -0.3 is 0 Å². The number of aromatic nitrogens is 4. The van der Waals surface area contributed by atoms with Crippen LogP contribution in [0.2, 0.25) is 0 Å². The first kappa shape index (κ1) is 43.5. The molecule has 0 radical (unpaired) electrons. The number of hydrogen-bond donors (Lipinski definition) is 0. The topological polar surface area (TPSA) is 40.1 Å². The minimum Gasteiger partial charge on any atom is -0.0579 e. The van der Waals surface area contributed by atoms with Gasteiger partial charge in [0.05, 0.1) is 0 Å². The van der Waals surface area contributed by atoms with E-state index in [1.54, 1.807) is 0 Å². The molecule has 13 rings (SSSR count). The van der Waals surface area contributed by atoms with Crippen LogP contribution in [0.5, 0.6) is 11.5 Å². The molecule has 3 aromatic heterocycles. The third-order valence-corrected chi connectivity index (χ3v) is 15.7. The van der Waals surface area contributed by atoms with E-state index >= 15 is 0 Å². The van der Waals surface area contributed by atoms with Gasteiger partial charge in [-0.15, -0.1) is 0 Å². The number of hydrogen-bond acceptors (Lipinski definition) is 3. The number of benzene rings is 8. The van der Waals surface area contributed by atoms with E-state index in [1.807, 2.05) is 18.3 Å². The number of pyridine rings is 1. The van der Waals surface area contributed by atoms with E-state index in [4.69, 9.17) is 9.72 Å². The molecule has 0 aliphatic carbocycles. The number of para-hydroxylation sites is 3. The Morgan fingerprint density at radius 2 is 1.21 bits per heavy atom. The number of nitrogens with zero attached hydrogens (tertiary/aromatic N) is 5. The number of imidazole rings is 1. The summed E-state index contributed by atoms with van der Waals surface area (Å²) < 4.78 is 14.9. The van der Waals surface area contributed by atoms with Crippen molar-refractivity contribution in [2.75, 3.05) is 18.0 Å². The van der Waals surface area contributed by atoms with Gasteiger partial charge in [0.15, 0.2) is 0 Å². The summed E-state index contributed by atoms with van der Waals surface area (Å²) in [5.41, 5.74) is 20.6. The van der Waals surface area contributed by atoms with Crippen molar-refractivity contribution in [2.24, 2.45) is 0 Å². The van der Waals surface area contributed by atoms with Gasteiger partial charge in [-0.05, 0) is 29.0 Å². The van der Waals surface area contributed by atoms with Gasteiger partial charge in [-0.3, -0.25) is 0 Å². The third kappa shape index (κ3) is 7.25. The number of fused-ring (bicyclic) bond motifs is 4. The molecule has 0 amide bonds. The molecule has 350 valence electrons. The first-order chi connectivity index (χ1) is 34.7. The van der Waals surface area contributed by atoms with Crippen LogP contribution in [0, 0.1) is 22.9 Å². The van der Waals surface area contributed by atoms with E-state index in [0.717, 1.165) is 97.2 Å². The molecule has 2 aliphatic heterocycles. The first-order valence-corrected chi connectivity index (χ1v) is 25.8. The van der Waals surface area contributed by atoms with Crippen molar-refractivity contribution in [3.63, 3.8) is 0 Å². The Bertz CT molecular complexity index is 3950. The Morgan fingerprint density at radius 3 is 1.92 bits per heavy atom. The fraction of sp³-hybridized carbons (Fsp3) is 0.156. The summed E-state index contributed by atoms with van der Waals surface area (Å²) >= 11 is 2.55. The van der Waals surface area contributed by atoms with Crippen LogP contribution in [0.4, 0.5) is 5.69 Å². The van der Waals surface area contributed by atoms with Crippen LogP contribution in [-0.2, 0) is 37.6 Å². The maximum atomic E-state index is 6.79. The van der Waals surface area contributed by atoms with Crippen molar-refractivity contribution >= 4 is 38.5 Å². The zero-order valence-corrected chi connectivity index (χ0v) is 42.5. The standard InChI is InChI=1S/C64H51N5O.Pt/c1-42-37-59(65-40-54(42)43-28-30-46(31-29-43)64(2,3)4)69-55-25-12-11-23-50(55)51-33-32-49(39-58(51)69)70-48-22-15-21-47(38-48)67-41-68(57-27-14-13-26-56(57)67)63-60(44-17-7-5-8-18-44)52-24-16-35-66-36-34-53(62(52)66)61(63)45-19-9-6-10-20-45;/h5-15,17-23,25-33,37,40H,16,24,34-36H2,1-4H3;/q-2;. The van der Waals surface area contributed by atoms with Crippen molar-refractivity contribution < 1.29 is 24.1 Å². The zero-order valence-electron chi connectivity index (χ0n) is 40.2. The smallest absolute Gasteiger partial charge is 0.0579 e. The summed E-state index contributed by atoms with van der Waals surface area (Å²) in [5.74, 6) is 2.05. The third-order valence-electron chi connectivity index (χ3n) is 14.7. The number of anilines is 1. The normalized spacial score (nSPS) is 13.4. The molecule has 0 atom stereocenters. The Hall–Kier alpha value is -7.53. The van der Waals surface area contributed by atoms with Crippen LogP contribution in [-0.4, -0.2) is 31.8 Å². The van der Waals surface area contributed by atoms with Crippen molar-refractivity contribution in [2.45, 2.75) is 52.4 Å². The second-order valence-corrected chi connectivity index (χ2v) is 21.0. The van der Waals surface area contributed by atoms with Crippen LogP contribution in [0.1, 0.15) is 49.4 Å². The molecule has 2 aliphatic rings. The van der Waals surface area contributed by atoms with Crippen molar-refractivity contribution in [3.8, 4) is 62.1 Å². The molecule has 0 saturated carbocycles. The molecule has 0 saturated heterocycles. The minimum atomic E-state index is 0.0914. The molecule has 0 fully saturated rings. The number of ether oxygens (including phenoxy) is 1. The van der Waals surface area contributed by atoms with E-state index in [9.17, 15) is 0 Å². The van der Waals surface area contributed by atoms with Crippen LogP contribution < -0.4 is 9.64 Å². The van der Waals surface area contributed by atoms with Crippen molar-refractivity contribution in [3.05, 3.63) is 214 Å². The van der Waals surface area contributed by atoms with Gasteiger partial charge in [-0.25, -0.2) is 0 Å². The number of rotatable bonds is 8. The van der Waals surface area contributed by atoms with Gasteiger partial charge in [-0.1, -0.05) is 57.2 Å². The predicted octanol–water partition coefficient (Wildman–Crippen LogP) is 15.3. The summed E-state index contributed by atoms with van der Waals surface area (Å²) in [6.45, 7) is 11.1. The second-order valence-electron chi connectivity index (χ2n) is 20.0. The number of aryl methyl sites for hydroxylation is 1. The van der Waals surface area contributed by atoms with Crippen LogP contribution in [0.25, 0.3) is 83.4 Å². The Labute approximate surface area is 425 Å². The van der Waals surface area contributed by atoms with Crippen LogP contribution >= 0.6 is 0 Å². The summed E-state index contributed by atoms with van der Waals surface area (Å²) in [5, 5.41) is 2.22. The van der Waals surface area contributed by atoms with Gasteiger partial charge in [0.2, 0.25) is 0 Å². The molecule has 0 N–H and O–H groups in total. The SMILES string of the molecule is Cc1cc(-n2c3[c-]c(Oc4[c-]c(-n5[c](=[Pt])n(-c6c(-c7ccccc7)c7c8c(c6-c6ccccc6)CCN8CCC7)c6ccccc65)ccc4)ccc3c3ccccc32)ncc1-c1ccc(C(C)(C)C)cc1.